The molecule has 0 saturated carbocycles. The van der Waals surface area contributed by atoms with Gasteiger partial charge in [-0.05, 0) is 50.2 Å². The normalized spacial score (nSPS) is 16.7. The molecule has 2 aromatic rings. The maximum atomic E-state index is 12.9. The van der Waals surface area contributed by atoms with E-state index in [0.717, 1.165) is 28.7 Å². The van der Waals surface area contributed by atoms with Gasteiger partial charge in [0, 0.05) is 16.2 Å². The second-order valence-corrected chi connectivity index (χ2v) is 6.98. The number of rotatable bonds is 3. The van der Waals surface area contributed by atoms with Crippen LogP contribution < -0.4 is 5.32 Å². The number of aromatic nitrogens is 1. The molecule has 2 heterocycles. The lowest BCUT2D eigenvalue weighted by Crippen LogP contribution is -2.29. The van der Waals surface area contributed by atoms with E-state index >= 15 is 0 Å². The Morgan fingerprint density at radius 1 is 1.21 bits per heavy atom. The second-order valence-electron chi connectivity index (χ2n) is 4.57. The number of thioether (sulfide) groups is 1. The molecule has 0 atom stereocenters. The summed E-state index contributed by atoms with van der Waals surface area (Å²) in [7, 11) is 0. The van der Waals surface area contributed by atoms with Crippen molar-refractivity contribution in [2.45, 2.75) is 22.4 Å². The largest absolute Gasteiger partial charge is 0.317 e. The van der Waals surface area contributed by atoms with Crippen molar-refractivity contribution in [1.29, 1.82) is 0 Å². The lowest BCUT2D eigenvalue weighted by Gasteiger charge is -2.20. The van der Waals surface area contributed by atoms with Crippen molar-refractivity contribution >= 4 is 23.1 Å². The molecule has 1 aliphatic heterocycles. The summed E-state index contributed by atoms with van der Waals surface area (Å²) in [5.74, 6) is -0.205. The summed E-state index contributed by atoms with van der Waals surface area (Å²) in [6.45, 7) is 2.21. The summed E-state index contributed by atoms with van der Waals surface area (Å²) in [6.07, 6.45) is 2.41. The Morgan fingerprint density at radius 3 is 2.68 bits per heavy atom. The number of halogens is 1. The van der Waals surface area contributed by atoms with E-state index in [-0.39, 0.29) is 5.82 Å². The zero-order valence-corrected chi connectivity index (χ0v) is 12.1. The van der Waals surface area contributed by atoms with Gasteiger partial charge < -0.3 is 5.32 Å². The molecular weight excluding hydrogens is 279 g/mol. The molecule has 1 aromatic carbocycles. The highest BCUT2D eigenvalue weighted by molar-refractivity contribution is 8.01. The monoisotopic (exact) mass is 294 g/mol. The molecule has 2 nitrogen and oxygen atoms in total. The molecule has 0 unspecified atom stereocenters. The lowest BCUT2D eigenvalue weighted by atomic mass is 10.2. The average Bonchev–Trinajstić information content (AvgIpc) is 2.89. The standard InChI is InChI=1S/C14H15FN2S2/c15-11-3-1-10(2-4-11)13-9-18-14(17-13)19-12-5-7-16-8-6-12/h1-4,9,12,16H,5-8H2. The van der Waals surface area contributed by atoms with Gasteiger partial charge in [-0.25, -0.2) is 9.37 Å². The van der Waals surface area contributed by atoms with Crippen molar-refractivity contribution < 1.29 is 4.39 Å². The number of thiazole rings is 1. The Labute approximate surface area is 120 Å². The number of piperidine rings is 1. The van der Waals surface area contributed by atoms with E-state index < -0.39 is 0 Å². The van der Waals surface area contributed by atoms with E-state index in [4.69, 9.17) is 0 Å². The Bertz CT molecular complexity index is 533. The number of nitrogens with zero attached hydrogens (tertiary/aromatic N) is 1. The minimum Gasteiger partial charge on any atom is -0.317 e. The van der Waals surface area contributed by atoms with E-state index in [0.29, 0.717) is 5.25 Å². The first-order valence-electron chi connectivity index (χ1n) is 6.40. The molecule has 0 spiro atoms. The van der Waals surface area contributed by atoms with Gasteiger partial charge >= 0.3 is 0 Å². The molecule has 1 fully saturated rings. The number of hydrogen-bond acceptors (Lipinski definition) is 4. The molecule has 1 aromatic heterocycles. The van der Waals surface area contributed by atoms with Crippen molar-refractivity contribution in [2.75, 3.05) is 13.1 Å². The highest BCUT2D eigenvalue weighted by Gasteiger charge is 2.16. The third-order valence-electron chi connectivity index (χ3n) is 3.18. The van der Waals surface area contributed by atoms with Gasteiger partial charge in [-0.3, -0.25) is 0 Å². The maximum absolute atomic E-state index is 12.9. The van der Waals surface area contributed by atoms with Crippen LogP contribution in [0.2, 0.25) is 0 Å². The fourth-order valence-corrected chi connectivity index (χ4v) is 4.36. The van der Waals surface area contributed by atoms with Gasteiger partial charge in [0.25, 0.3) is 0 Å². The van der Waals surface area contributed by atoms with Gasteiger partial charge in [0.1, 0.15) is 5.82 Å². The molecule has 3 rings (SSSR count). The fraction of sp³-hybridized carbons (Fsp3) is 0.357. The Kier molecular flexibility index (Phi) is 4.15. The van der Waals surface area contributed by atoms with E-state index in [2.05, 4.69) is 15.7 Å². The summed E-state index contributed by atoms with van der Waals surface area (Å²) in [5.41, 5.74) is 1.93. The molecule has 1 saturated heterocycles. The minimum absolute atomic E-state index is 0.205. The lowest BCUT2D eigenvalue weighted by molar-refractivity contribution is 0.531. The highest BCUT2D eigenvalue weighted by atomic mass is 32.2. The summed E-state index contributed by atoms with van der Waals surface area (Å²) in [4.78, 5) is 4.64. The minimum atomic E-state index is -0.205. The van der Waals surface area contributed by atoms with Gasteiger partial charge in [-0.15, -0.1) is 11.3 Å². The topological polar surface area (TPSA) is 24.9 Å². The van der Waals surface area contributed by atoms with E-state index in [9.17, 15) is 4.39 Å². The van der Waals surface area contributed by atoms with Crippen molar-refractivity contribution in [3.63, 3.8) is 0 Å². The molecule has 0 radical (unpaired) electrons. The first kappa shape index (κ1) is 13.1. The van der Waals surface area contributed by atoms with Gasteiger partial charge in [-0.2, -0.15) is 0 Å². The average molecular weight is 294 g/mol. The highest BCUT2D eigenvalue weighted by Crippen LogP contribution is 2.33. The van der Waals surface area contributed by atoms with Crippen molar-refractivity contribution in [3.8, 4) is 11.3 Å². The number of hydrogen-bond donors (Lipinski definition) is 1. The Balaban J connectivity index is 1.70. The maximum Gasteiger partial charge on any atom is 0.150 e. The van der Waals surface area contributed by atoms with Crippen LogP contribution in [0.5, 0.6) is 0 Å². The zero-order chi connectivity index (χ0) is 13.1. The van der Waals surface area contributed by atoms with Gasteiger partial charge in [0.05, 0.1) is 5.69 Å². The molecule has 0 aliphatic carbocycles. The molecule has 0 bridgehead atoms. The molecule has 0 amide bonds. The molecule has 1 N–H and O–H groups in total. The van der Waals surface area contributed by atoms with Crippen molar-refractivity contribution in [2.24, 2.45) is 0 Å². The van der Waals surface area contributed by atoms with Gasteiger partial charge in [-0.1, -0.05) is 11.8 Å². The molecular formula is C14H15FN2S2. The van der Waals surface area contributed by atoms with Crippen molar-refractivity contribution in [3.05, 3.63) is 35.5 Å². The number of benzene rings is 1. The summed E-state index contributed by atoms with van der Waals surface area (Å²) in [6, 6.07) is 6.52. The smallest absolute Gasteiger partial charge is 0.150 e. The second kappa shape index (κ2) is 6.03. The summed E-state index contributed by atoms with van der Waals surface area (Å²) < 4.78 is 14.0. The summed E-state index contributed by atoms with van der Waals surface area (Å²) in [5, 5.41) is 6.10. The van der Waals surface area contributed by atoms with Crippen LogP contribution in [0.15, 0.2) is 34.0 Å². The third kappa shape index (κ3) is 3.35. The van der Waals surface area contributed by atoms with Crippen LogP contribution in [0.1, 0.15) is 12.8 Å². The van der Waals surface area contributed by atoms with E-state index in [1.165, 1.54) is 25.0 Å². The van der Waals surface area contributed by atoms with Crippen LogP contribution in [0.4, 0.5) is 4.39 Å². The van der Waals surface area contributed by atoms with Crippen molar-refractivity contribution in [1.82, 2.24) is 10.3 Å². The van der Waals surface area contributed by atoms with Crippen LogP contribution >= 0.6 is 23.1 Å². The van der Waals surface area contributed by atoms with Crippen LogP contribution in [-0.2, 0) is 0 Å². The third-order valence-corrected chi connectivity index (χ3v) is 5.49. The van der Waals surface area contributed by atoms with E-state index in [1.807, 2.05) is 11.8 Å². The molecule has 5 heteroatoms. The van der Waals surface area contributed by atoms with Crippen LogP contribution in [-0.4, -0.2) is 23.3 Å². The van der Waals surface area contributed by atoms with Gasteiger partial charge in [0.2, 0.25) is 0 Å². The molecule has 100 valence electrons. The van der Waals surface area contributed by atoms with E-state index in [1.54, 1.807) is 23.5 Å². The fourth-order valence-electron chi connectivity index (χ4n) is 2.12. The van der Waals surface area contributed by atoms with Crippen LogP contribution in [0.25, 0.3) is 11.3 Å². The predicted molar refractivity (Wildman–Crippen MR) is 79.3 cm³/mol. The van der Waals surface area contributed by atoms with Crippen LogP contribution in [0, 0.1) is 5.82 Å². The van der Waals surface area contributed by atoms with Crippen LogP contribution in [0.3, 0.4) is 0 Å². The Morgan fingerprint density at radius 2 is 1.95 bits per heavy atom. The number of nitrogens with one attached hydrogen (secondary N) is 1. The SMILES string of the molecule is Fc1ccc(-c2csc(SC3CCNCC3)n2)cc1. The first-order chi connectivity index (χ1) is 9.31. The zero-order valence-electron chi connectivity index (χ0n) is 10.4. The Hall–Kier alpha value is -0.910. The van der Waals surface area contributed by atoms with Gasteiger partial charge in [0.15, 0.2) is 4.34 Å². The summed E-state index contributed by atoms with van der Waals surface area (Å²) >= 11 is 3.56. The molecule has 1 aliphatic rings. The first-order valence-corrected chi connectivity index (χ1v) is 8.16. The molecule has 19 heavy (non-hydrogen) atoms. The predicted octanol–water partition coefficient (Wildman–Crippen LogP) is 3.79. The quantitative estimate of drug-likeness (QED) is 0.932.